The van der Waals surface area contributed by atoms with Crippen molar-refractivity contribution in [1.29, 1.82) is 0 Å². The van der Waals surface area contributed by atoms with E-state index in [-0.39, 0.29) is 11.8 Å². The van der Waals surface area contributed by atoms with Crippen LogP contribution < -0.4 is 5.73 Å². The third-order valence-corrected chi connectivity index (χ3v) is 2.52. The molecule has 0 rings (SSSR count). The predicted octanol–water partition coefficient (Wildman–Crippen LogP) is 0.745. The number of carbonyl (C=O) groups is 2. The molecule has 0 saturated carbocycles. The number of hydrogen-bond acceptors (Lipinski definition) is 3. The van der Waals surface area contributed by atoms with Gasteiger partial charge < -0.3 is 15.5 Å². The summed E-state index contributed by atoms with van der Waals surface area (Å²) in [7, 11) is 2.37. The molecule has 21 heavy (non-hydrogen) atoms. The van der Waals surface area contributed by atoms with Crippen molar-refractivity contribution in [2.24, 2.45) is 5.73 Å². The molecular formula is C10H15F6N3O2. The lowest BCUT2D eigenvalue weighted by Gasteiger charge is -2.33. The van der Waals surface area contributed by atoms with Gasteiger partial charge in [-0.3, -0.25) is 9.59 Å². The highest BCUT2D eigenvalue weighted by Gasteiger charge is 2.56. The third-order valence-electron chi connectivity index (χ3n) is 2.52. The van der Waals surface area contributed by atoms with Crippen molar-refractivity contribution in [1.82, 2.24) is 9.80 Å². The van der Waals surface area contributed by atoms with E-state index in [0.717, 1.165) is 4.90 Å². The summed E-state index contributed by atoms with van der Waals surface area (Å²) < 4.78 is 75.0. The quantitative estimate of drug-likeness (QED) is 0.776. The van der Waals surface area contributed by atoms with E-state index >= 15 is 0 Å². The number of carbonyl (C=O) groups excluding carboxylic acids is 2. The van der Waals surface area contributed by atoms with E-state index in [2.05, 4.69) is 0 Å². The first-order valence-electron chi connectivity index (χ1n) is 5.51. The molecule has 0 aliphatic carbocycles. The van der Waals surface area contributed by atoms with Crippen molar-refractivity contribution in [2.45, 2.75) is 24.8 Å². The van der Waals surface area contributed by atoms with Crippen LogP contribution in [0.4, 0.5) is 26.3 Å². The van der Waals surface area contributed by atoms with Gasteiger partial charge in [0.05, 0.1) is 0 Å². The Bertz CT molecular complexity index is 403. The van der Waals surface area contributed by atoms with E-state index in [1.807, 2.05) is 0 Å². The lowest BCUT2D eigenvalue weighted by molar-refractivity contribution is -0.201. The van der Waals surface area contributed by atoms with Crippen molar-refractivity contribution in [3.63, 3.8) is 0 Å². The zero-order valence-electron chi connectivity index (χ0n) is 11.5. The van der Waals surface area contributed by atoms with E-state index in [0.29, 0.717) is 0 Å². The molecule has 0 aromatic heterocycles. The highest BCUT2D eigenvalue weighted by Crippen LogP contribution is 2.30. The Balaban J connectivity index is 5.40. The second-order valence-corrected chi connectivity index (χ2v) is 4.76. The van der Waals surface area contributed by atoms with Crippen LogP contribution in [0.3, 0.4) is 0 Å². The molecule has 0 fully saturated rings. The number of hydrogen-bond donors (Lipinski definition) is 1. The lowest BCUT2D eigenvalue weighted by Crippen LogP contribution is -2.64. The molecule has 124 valence electrons. The fourth-order valence-corrected chi connectivity index (χ4v) is 1.17. The van der Waals surface area contributed by atoms with Crippen molar-refractivity contribution in [2.75, 3.05) is 27.2 Å². The summed E-state index contributed by atoms with van der Waals surface area (Å²) in [6.45, 7) is -2.92. The summed E-state index contributed by atoms with van der Waals surface area (Å²) in [5, 5.41) is 0. The maximum Gasteiger partial charge on any atom is 0.415 e. The zero-order valence-corrected chi connectivity index (χ0v) is 11.5. The summed E-state index contributed by atoms with van der Waals surface area (Å²) in [5.74, 6) is -2.99. The Kier molecular flexibility index (Phi) is 5.64. The molecule has 0 spiro atoms. The maximum atomic E-state index is 12.6. The first-order valence-corrected chi connectivity index (χ1v) is 5.51. The van der Waals surface area contributed by atoms with Crippen molar-refractivity contribution >= 4 is 11.8 Å². The highest BCUT2D eigenvalue weighted by atomic mass is 19.4. The third kappa shape index (κ3) is 5.40. The van der Waals surface area contributed by atoms with Gasteiger partial charge in [-0.25, -0.2) is 0 Å². The molecule has 0 heterocycles. The Hall–Kier alpha value is -1.52. The molecule has 0 aliphatic heterocycles. The average molecular weight is 323 g/mol. The van der Waals surface area contributed by atoms with Gasteiger partial charge in [-0.05, 0) is 6.92 Å². The van der Waals surface area contributed by atoms with Gasteiger partial charge >= 0.3 is 12.4 Å². The molecule has 5 nitrogen and oxygen atoms in total. The van der Waals surface area contributed by atoms with E-state index in [9.17, 15) is 35.9 Å². The fourth-order valence-electron chi connectivity index (χ4n) is 1.17. The molecule has 0 bridgehead atoms. The van der Waals surface area contributed by atoms with E-state index < -0.39 is 42.8 Å². The van der Waals surface area contributed by atoms with Crippen LogP contribution in [0.15, 0.2) is 0 Å². The van der Waals surface area contributed by atoms with Crippen molar-refractivity contribution in [3.8, 4) is 0 Å². The van der Waals surface area contributed by atoms with Crippen LogP contribution in [0.2, 0.25) is 0 Å². The topological polar surface area (TPSA) is 66.6 Å². The summed E-state index contributed by atoms with van der Waals surface area (Å²) in [6.07, 6.45) is -10.2. The molecule has 0 aliphatic rings. The molecular weight excluding hydrogens is 308 g/mol. The van der Waals surface area contributed by atoms with E-state index in [1.54, 1.807) is 0 Å². The fraction of sp³-hybridized carbons (Fsp3) is 0.800. The number of halogens is 6. The summed E-state index contributed by atoms with van der Waals surface area (Å²) in [5.41, 5.74) is 1.28. The van der Waals surface area contributed by atoms with Gasteiger partial charge in [-0.1, -0.05) is 0 Å². The highest BCUT2D eigenvalue weighted by molar-refractivity contribution is 5.90. The number of amides is 2. The molecule has 2 amide bonds. The smallest absolute Gasteiger partial charge is 0.347 e. The maximum absolute atomic E-state index is 12.6. The monoisotopic (exact) mass is 323 g/mol. The van der Waals surface area contributed by atoms with Gasteiger partial charge in [0.25, 0.3) is 5.91 Å². The average Bonchev–Trinajstić information content (AvgIpc) is 2.23. The van der Waals surface area contributed by atoms with Crippen LogP contribution in [0, 0.1) is 0 Å². The van der Waals surface area contributed by atoms with Gasteiger partial charge in [-0.2, -0.15) is 26.3 Å². The molecule has 0 aromatic carbocycles. The number of rotatable bonds is 4. The molecule has 1 atom stereocenters. The van der Waals surface area contributed by atoms with Crippen molar-refractivity contribution < 1.29 is 35.9 Å². The summed E-state index contributed by atoms with van der Waals surface area (Å²) >= 11 is 0. The van der Waals surface area contributed by atoms with E-state index in [1.165, 1.54) is 14.1 Å². The Morgan fingerprint density at radius 2 is 1.48 bits per heavy atom. The van der Waals surface area contributed by atoms with Crippen LogP contribution in [-0.4, -0.2) is 66.7 Å². The van der Waals surface area contributed by atoms with Gasteiger partial charge in [0, 0.05) is 14.1 Å². The second kappa shape index (κ2) is 6.08. The van der Waals surface area contributed by atoms with Crippen LogP contribution >= 0.6 is 0 Å². The second-order valence-electron chi connectivity index (χ2n) is 4.76. The van der Waals surface area contributed by atoms with Crippen LogP contribution in [-0.2, 0) is 9.59 Å². The largest absolute Gasteiger partial charge is 0.415 e. The Morgan fingerprint density at radius 3 is 1.76 bits per heavy atom. The number of alkyl halides is 6. The number of nitrogens with zero attached hydrogens (tertiary/aromatic N) is 2. The normalized spacial score (nSPS) is 15.3. The molecule has 2 N–H and O–H groups in total. The van der Waals surface area contributed by atoms with Gasteiger partial charge in [0.15, 0.2) is 5.54 Å². The van der Waals surface area contributed by atoms with Crippen LogP contribution in [0.25, 0.3) is 0 Å². The molecule has 0 radical (unpaired) electrons. The minimum absolute atomic E-state index is 0.249. The van der Waals surface area contributed by atoms with Crippen LogP contribution in [0.5, 0.6) is 0 Å². The van der Waals surface area contributed by atoms with Gasteiger partial charge in [-0.15, -0.1) is 0 Å². The van der Waals surface area contributed by atoms with Crippen LogP contribution in [0.1, 0.15) is 6.92 Å². The first kappa shape index (κ1) is 19.5. The minimum atomic E-state index is -5.25. The number of likely N-dealkylation sites (N-methyl/N-ethyl adjacent to an activating group) is 1. The molecule has 0 saturated heterocycles. The van der Waals surface area contributed by atoms with Gasteiger partial charge in [0.1, 0.15) is 13.1 Å². The Morgan fingerprint density at radius 1 is 1.05 bits per heavy atom. The molecule has 1 unspecified atom stereocenters. The standard InChI is InChI=1S/C10H15F6N3O2/c1-8(17,10(14,15)16)7(21)19(5-9(11,12)13)4-6(20)18(2)3/h4-5,17H2,1-3H3. The SMILES string of the molecule is CN(C)C(=O)CN(CC(F)(F)F)C(=O)C(C)(N)C(F)(F)F. The summed E-state index contributed by atoms with van der Waals surface area (Å²) in [6, 6.07) is 0. The zero-order chi connectivity index (χ0) is 17.2. The predicted molar refractivity (Wildman–Crippen MR) is 60.0 cm³/mol. The Labute approximate surface area is 116 Å². The van der Waals surface area contributed by atoms with E-state index in [4.69, 9.17) is 5.73 Å². The minimum Gasteiger partial charge on any atom is -0.347 e. The molecule has 0 aromatic rings. The summed E-state index contributed by atoms with van der Waals surface area (Å²) in [4.78, 5) is 23.6. The lowest BCUT2D eigenvalue weighted by atomic mass is 10.0. The first-order chi connectivity index (χ1) is 9.09. The van der Waals surface area contributed by atoms with Gasteiger partial charge in [0.2, 0.25) is 5.91 Å². The van der Waals surface area contributed by atoms with Crippen molar-refractivity contribution in [3.05, 3.63) is 0 Å². The molecule has 11 heteroatoms. The number of nitrogens with two attached hydrogens (primary N) is 1.